The van der Waals surface area contributed by atoms with Crippen LogP contribution >= 0.6 is 10.7 Å². The van der Waals surface area contributed by atoms with Crippen molar-refractivity contribution in [2.45, 2.75) is 70.3 Å². The topological polar surface area (TPSA) is 6.48 Å². The van der Waals surface area contributed by atoms with Crippen molar-refractivity contribution in [1.82, 2.24) is 9.21 Å². The molecule has 0 amide bonds. The Morgan fingerprint density at radius 3 is 1.90 bits per heavy atom. The van der Waals surface area contributed by atoms with Crippen LogP contribution < -0.4 is 0 Å². The van der Waals surface area contributed by atoms with Crippen molar-refractivity contribution in [2.24, 2.45) is 5.41 Å². The molecule has 1 saturated carbocycles. The van der Waals surface area contributed by atoms with Gasteiger partial charge in [0.1, 0.15) is 0 Å². The third-order valence-corrected chi connectivity index (χ3v) is 7.98. The first-order chi connectivity index (χ1) is 10.0. The fourth-order valence-electron chi connectivity index (χ4n) is 4.84. The summed E-state index contributed by atoms with van der Waals surface area (Å²) < 4.78 is 2.60. The molecule has 2 heterocycles. The van der Waals surface area contributed by atoms with E-state index in [9.17, 15) is 0 Å². The van der Waals surface area contributed by atoms with E-state index in [2.05, 4.69) is 28.3 Å². The first-order valence-corrected chi connectivity index (χ1v) is 10.7. The molecule has 0 aromatic carbocycles. The zero-order valence-corrected chi connectivity index (χ0v) is 15.0. The van der Waals surface area contributed by atoms with Gasteiger partial charge >= 0.3 is 0 Å². The van der Waals surface area contributed by atoms with Crippen molar-refractivity contribution < 1.29 is 0 Å². The minimum atomic E-state index is 0.233. The summed E-state index contributed by atoms with van der Waals surface area (Å²) in [7, 11) is 0.233. The minimum Gasteiger partial charge on any atom is -0.298 e. The van der Waals surface area contributed by atoms with Gasteiger partial charge in [-0.1, -0.05) is 12.3 Å². The number of likely N-dealkylation sites (tertiary alicyclic amines) is 1. The molecule has 3 heteroatoms. The molecule has 0 radical (unpaired) electrons. The molecule has 1 unspecified atom stereocenters. The molecular formula is C18H34N2S. The summed E-state index contributed by atoms with van der Waals surface area (Å²) in [4.78, 5) is 2.83. The summed E-state index contributed by atoms with van der Waals surface area (Å²) >= 11 is 0. The van der Waals surface area contributed by atoms with Crippen LogP contribution in [0, 0.1) is 5.41 Å². The van der Waals surface area contributed by atoms with E-state index in [0.717, 1.165) is 0 Å². The van der Waals surface area contributed by atoms with E-state index in [4.69, 9.17) is 0 Å². The Kier molecular flexibility index (Phi) is 4.83. The molecular weight excluding hydrogens is 276 g/mol. The van der Waals surface area contributed by atoms with Crippen molar-refractivity contribution in [3.63, 3.8) is 0 Å². The number of hydrogen-bond acceptors (Lipinski definition) is 2. The summed E-state index contributed by atoms with van der Waals surface area (Å²) in [6.07, 6.45) is 15.3. The van der Waals surface area contributed by atoms with Gasteiger partial charge in [-0.15, -0.1) is 10.7 Å². The third kappa shape index (κ3) is 3.40. The van der Waals surface area contributed by atoms with Crippen molar-refractivity contribution in [2.75, 3.05) is 32.4 Å². The molecule has 2 nitrogen and oxygen atoms in total. The molecule has 1 atom stereocenters. The molecule has 21 heavy (non-hydrogen) atoms. The average molecular weight is 311 g/mol. The second-order valence-corrected chi connectivity index (χ2v) is 9.79. The predicted molar refractivity (Wildman–Crippen MR) is 96.2 cm³/mol. The zero-order chi connectivity index (χ0) is 14.9. The van der Waals surface area contributed by atoms with Crippen LogP contribution in [0.1, 0.15) is 64.7 Å². The van der Waals surface area contributed by atoms with Gasteiger partial charge < -0.3 is 0 Å². The molecule has 2 saturated heterocycles. The Balaban J connectivity index is 1.56. The summed E-state index contributed by atoms with van der Waals surface area (Å²) in [5.74, 6) is 4.23. The highest BCUT2D eigenvalue weighted by molar-refractivity contribution is 8.11. The second kappa shape index (κ2) is 6.33. The van der Waals surface area contributed by atoms with Gasteiger partial charge in [0.2, 0.25) is 0 Å². The van der Waals surface area contributed by atoms with Gasteiger partial charge in [0.05, 0.1) is 0 Å². The van der Waals surface area contributed by atoms with Gasteiger partial charge in [0.15, 0.2) is 0 Å². The lowest BCUT2D eigenvalue weighted by Crippen LogP contribution is -2.53. The van der Waals surface area contributed by atoms with Gasteiger partial charge in [-0.05, 0) is 83.1 Å². The lowest BCUT2D eigenvalue weighted by Gasteiger charge is -2.53. The summed E-state index contributed by atoms with van der Waals surface area (Å²) in [6, 6.07) is 0. The zero-order valence-electron chi connectivity index (χ0n) is 14.2. The Morgan fingerprint density at radius 1 is 0.810 bits per heavy atom. The SMILES string of the molecule is C=S(C)N1CCC2(CC1)CCC(C)(N1CCCCC1)CC2. The standard InChI is InChI=1S/C18H34N2S/c1-17(19-13-5-4-6-14-19)7-9-18(10-8-17)11-15-20(16-12-18)21(2)3/h2,4-16H2,1,3H3. The van der Waals surface area contributed by atoms with Gasteiger partial charge in [-0.25, -0.2) is 0 Å². The van der Waals surface area contributed by atoms with Crippen molar-refractivity contribution in [3.05, 3.63) is 0 Å². The molecule has 0 N–H and O–H groups in total. The number of piperidine rings is 2. The lowest BCUT2D eigenvalue weighted by molar-refractivity contribution is -0.00858. The number of hydrogen-bond donors (Lipinski definition) is 0. The van der Waals surface area contributed by atoms with E-state index >= 15 is 0 Å². The Hall–Kier alpha value is 0.140. The largest absolute Gasteiger partial charge is 0.298 e. The number of rotatable bonds is 2. The predicted octanol–water partition coefficient (Wildman–Crippen LogP) is 4.13. The van der Waals surface area contributed by atoms with Gasteiger partial charge in [-0.2, -0.15) is 0 Å². The Labute approximate surface area is 134 Å². The van der Waals surface area contributed by atoms with Crippen molar-refractivity contribution in [3.8, 4) is 0 Å². The molecule has 0 aromatic rings. The Morgan fingerprint density at radius 2 is 1.38 bits per heavy atom. The van der Waals surface area contributed by atoms with E-state index in [1.54, 1.807) is 0 Å². The van der Waals surface area contributed by atoms with Crippen LogP contribution in [0.4, 0.5) is 0 Å². The monoisotopic (exact) mass is 310 g/mol. The molecule has 2 aliphatic heterocycles. The van der Waals surface area contributed by atoms with E-state index < -0.39 is 0 Å². The number of nitrogens with zero attached hydrogens (tertiary/aromatic N) is 2. The molecule has 0 aromatic heterocycles. The maximum atomic E-state index is 4.23. The van der Waals surface area contributed by atoms with Crippen LogP contribution in [0.15, 0.2) is 0 Å². The van der Waals surface area contributed by atoms with Gasteiger partial charge in [-0.3, -0.25) is 9.21 Å². The molecule has 1 spiro atoms. The first-order valence-electron chi connectivity index (χ1n) is 8.99. The highest BCUT2D eigenvalue weighted by Gasteiger charge is 2.44. The first kappa shape index (κ1) is 16.0. The highest BCUT2D eigenvalue weighted by Crippen LogP contribution is 2.50. The maximum absolute atomic E-state index is 4.23. The van der Waals surface area contributed by atoms with Crippen LogP contribution in [0.2, 0.25) is 0 Å². The van der Waals surface area contributed by atoms with Crippen LogP contribution in [-0.4, -0.2) is 53.0 Å². The highest BCUT2D eigenvalue weighted by atomic mass is 32.2. The normalized spacial score (nSPS) is 32.1. The maximum Gasteiger partial charge on any atom is 0.0181 e. The molecule has 1 aliphatic carbocycles. The fraction of sp³-hybridized carbons (Fsp3) is 0.944. The second-order valence-electron chi connectivity index (χ2n) is 8.07. The average Bonchev–Trinajstić information content (AvgIpc) is 2.52. The quantitative estimate of drug-likeness (QED) is 0.708. The minimum absolute atomic E-state index is 0.233. The van der Waals surface area contributed by atoms with Crippen LogP contribution in [0.3, 0.4) is 0 Å². The van der Waals surface area contributed by atoms with E-state index in [-0.39, 0.29) is 10.7 Å². The summed E-state index contributed by atoms with van der Waals surface area (Å²) in [5, 5.41) is 0. The summed E-state index contributed by atoms with van der Waals surface area (Å²) in [6.45, 7) is 7.86. The molecule has 3 rings (SSSR count). The van der Waals surface area contributed by atoms with Crippen LogP contribution in [0.5, 0.6) is 0 Å². The van der Waals surface area contributed by atoms with Gasteiger partial charge in [0, 0.05) is 18.6 Å². The van der Waals surface area contributed by atoms with E-state index in [1.165, 1.54) is 84.0 Å². The van der Waals surface area contributed by atoms with Crippen LogP contribution in [0.25, 0.3) is 0 Å². The van der Waals surface area contributed by atoms with Crippen LogP contribution in [-0.2, 0) is 0 Å². The molecule has 0 bridgehead atoms. The van der Waals surface area contributed by atoms with E-state index in [1.807, 2.05) is 0 Å². The molecule has 3 fully saturated rings. The Bertz CT molecular complexity index is 369. The smallest absolute Gasteiger partial charge is 0.0181 e. The third-order valence-electron chi connectivity index (χ3n) is 6.73. The van der Waals surface area contributed by atoms with Crippen molar-refractivity contribution >= 4 is 16.5 Å². The lowest BCUT2D eigenvalue weighted by atomic mass is 9.63. The van der Waals surface area contributed by atoms with Gasteiger partial charge in [0.25, 0.3) is 0 Å². The fourth-order valence-corrected chi connectivity index (χ4v) is 5.65. The molecule has 122 valence electrons. The van der Waals surface area contributed by atoms with E-state index in [0.29, 0.717) is 11.0 Å². The van der Waals surface area contributed by atoms with Crippen molar-refractivity contribution in [1.29, 1.82) is 0 Å². The molecule has 3 aliphatic rings. The summed E-state index contributed by atoms with van der Waals surface area (Å²) in [5.41, 5.74) is 1.20.